The number of rotatable bonds is 5. The van der Waals surface area contributed by atoms with Gasteiger partial charge in [0.2, 0.25) is 0 Å². The molecule has 2 heteroatoms. The summed E-state index contributed by atoms with van der Waals surface area (Å²) in [5.41, 5.74) is 1.04. The van der Waals surface area contributed by atoms with E-state index in [4.69, 9.17) is 4.74 Å². The second-order valence-corrected chi connectivity index (χ2v) is 5.56. The van der Waals surface area contributed by atoms with Crippen LogP contribution in [0.1, 0.15) is 57.6 Å². The monoisotopic (exact) mass is 262 g/mol. The molecule has 0 bridgehead atoms. The average molecular weight is 262 g/mol. The predicted molar refractivity (Wildman–Crippen MR) is 78.3 cm³/mol. The molecule has 1 aromatic rings. The molecule has 0 spiro atoms. The number of benzene rings is 1. The molecule has 0 saturated heterocycles. The summed E-state index contributed by atoms with van der Waals surface area (Å²) in [5.74, 6) is 1.99. The van der Waals surface area contributed by atoms with Crippen molar-refractivity contribution in [3.8, 4) is 5.75 Å². The Morgan fingerprint density at radius 3 is 2.47 bits per heavy atom. The largest absolute Gasteiger partial charge is 0.494 e. The average Bonchev–Trinajstić information content (AvgIpc) is 2.47. The molecule has 0 aromatic heterocycles. The van der Waals surface area contributed by atoms with Gasteiger partial charge in [0.05, 0.1) is 12.7 Å². The van der Waals surface area contributed by atoms with E-state index < -0.39 is 0 Å². The van der Waals surface area contributed by atoms with Crippen LogP contribution in [-0.2, 0) is 0 Å². The SMILES string of the molecule is CCOc1ccc(C(O)C2CCCCC2CC)cc1. The first-order chi connectivity index (χ1) is 9.26. The highest BCUT2D eigenvalue weighted by atomic mass is 16.5. The molecule has 3 unspecified atom stereocenters. The molecule has 1 fully saturated rings. The topological polar surface area (TPSA) is 29.5 Å². The van der Waals surface area contributed by atoms with Crippen molar-refractivity contribution in [3.05, 3.63) is 29.8 Å². The summed E-state index contributed by atoms with van der Waals surface area (Å²) >= 11 is 0. The predicted octanol–water partition coefficient (Wildman–Crippen LogP) is 4.34. The van der Waals surface area contributed by atoms with Gasteiger partial charge in [0, 0.05) is 0 Å². The highest BCUT2D eigenvalue weighted by Gasteiger charge is 2.30. The molecule has 106 valence electrons. The fourth-order valence-electron chi connectivity index (χ4n) is 3.33. The van der Waals surface area contributed by atoms with E-state index in [0.717, 1.165) is 17.7 Å². The van der Waals surface area contributed by atoms with E-state index in [1.165, 1.54) is 25.7 Å². The lowest BCUT2D eigenvalue weighted by Crippen LogP contribution is -2.25. The van der Waals surface area contributed by atoms with E-state index in [-0.39, 0.29) is 6.10 Å². The Hall–Kier alpha value is -1.02. The molecule has 1 aliphatic rings. The molecular weight excluding hydrogens is 236 g/mol. The van der Waals surface area contributed by atoms with Gasteiger partial charge in [-0.05, 0) is 42.9 Å². The van der Waals surface area contributed by atoms with Crippen molar-refractivity contribution in [2.45, 2.75) is 52.1 Å². The van der Waals surface area contributed by atoms with Crippen LogP contribution in [0, 0.1) is 11.8 Å². The molecular formula is C17H26O2. The van der Waals surface area contributed by atoms with Crippen molar-refractivity contribution in [2.24, 2.45) is 11.8 Å². The Balaban J connectivity index is 2.06. The van der Waals surface area contributed by atoms with Crippen LogP contribution >= 0.6 is 0 Å². The van der Waals surface area contributed by atoms with Crippen LogP contribution in [0.4, 0.5) is 0 Å². The van der Waals surface area contributed by atoms with E-state index in [0.29, 0.717) is 18.4 Å². The second-order valence-electron chi connectivity index (χ2n) is 5.56. The highest BCUT2D eigenvalue weighted by molar-refractivity contribution is 5.29. The summed E-state index contributed by atoms with van der Waals surface area (Å²) < 4.78 is 5.45. The molecule has 0 aliphatic heterocycles. The third kappa shape index (κ3) is 3.50. The van der Waals surface area contributed by atoms with Gasteiger partial charge in [0.25, 0.3) is 0 Å². The summed E-state index contributed by atoms with van der Waals surface area (Å²) in [7, 11) is 0. The van der Waals surface area contributed by atoms with Crippen molar-refractivity contribution in [2.75, 3.05) is 6.61 Å². The van der Waals surface area contributed by atoms with Gasteiger partial charge < -0.3 is 9.84 Å². The summed E-state index contributed by atoms with van der Waals surface area (Å²) in [6, 6.07) is 7.95. The van der Waals surface area contributed by atoms with Crippen molar-refractivity contribution in [1.29, 1.82) is 0 Å². The Kier molecular flexibility index (Phi) is 5.26. The fraction of sp³-hybridized carbons (Fsp3) is 0.647. The van der Waals surface area contributed by atoms with E-state index in [2.05, 4.69) is 6.92 Å². The van der Waals surface area contributed by atoms with Crippen molar-refractivity contribution >= 4 is 0 Å². The Morgan fingerprint density at radius 1 is 1.16 bits per heavy atom. The lowest BCUT2D eigenvalue weighted by molar-refractivity contribution is 0.0451. The molecule has 2 rings (SSSR count). The van der Waals surface area contributed by atoms with Gasteiger partial charge in [-0.25, -0.2) is 0 Å². The number of hydrogen-bond donors (Lipinski definition) is 1. The minimum absolute atomic E-state index is 0.319. The van der Waals surface area contributed by atoms with Gasteiger partial charge in [0.15, 0.2) is 0 Å². The summed E-state index contributed by atoms with van der Waals surface area (Å²) in [5, 5.41) is 10.6. The van der Waals surface area contributed by atoms with Gasteiger partial charge in [-0.15, -0.1) is 0 Å². The molecule has 0 heterocycles. The standard InChI is InChI=1S/C17H26O2/c1-3-13-7-5-6-8-16(13)17(18)14-9-11-15(12-10-14)19-4-2/h9-13,16-18H,3-8H2,1-2H3. The summed E-state index contributed by atoms with van der Waals surface area (Å²) in [6.45, 7) is 4.91. The lowest BCUT2D eigenvalue weighted by atomic mass is 9.73. The van der Waals surface area contributed by atoms with Gasteiger partial charge >= 0.3 is 0 Å². The normalized spacial score (nSPS) is 25.0. The van der Waals surface area contributed by atoms with Gasteiger partial charge in [-0.2, -0.15) is 0 Å². The summed E-state index contributed by atoms with van der Waals surface area (Å²) in [4.78, 5) is 0. The fourth-order valence-corrected chi connectivity index (χ4v) is 3.33. The zero-order chi connectivity index (χ0) is 13.7. The van der Waals surface area contributed by atoms with Gasteiger partial charge in [-0.1, -0.05) is 44.7 Å². The first-order valence-corrected chi connectivity index (χ1v) is 7.67. The summed E-state index contributed by atoms with van der Waals surface area (Å²) in [6.07, 6.45) is 5.88. The molecule has 0 radical (unpaired) electrons. The molecule has 1 saturated carbocycles. The van der Waals surface area contributed by atoms with Gasteiger partial charge in [0.1, 0.15) is 5.75 Å². The van der Waals surface area contributed by atoms with E-state index >= 15 is 0 Å². The second kappa shape index (κ2) is 6.95. The molecule has 2 nitrogen and oxygen atoms in total. The van der Waals surface area contributed by atoms with Crippen molar-refractivity contribution in [1.82, 2.24) is 0 Å². The van der Waals surface area contributed by atoms with Crippen LogP contribution in [0.25, 0.3) is 0 Å². The van der Waals surface area contributed by atoms with Crippen LogP contribution in [0.2, 0.25) is 0 Å². The first kappa shape index (κ1) is 14.4. The minimum atomic E-state index is -0.319. The quantitative estimate of drug-likeness (QED) is 0.855. The van der Waals surface area contributed by atoms with E-state index in [1.807, 2.05) is 31.2 Å². The molecule has 3 atom stereocenters. The number of hydrogen-bond acceptors (Lipinski definition) is 2. The zero-order valence-corrected chi connectivity index (χ0v) is 12.1. The maximum absolute atomic E-state index is 10.6. The maximum atomic E-state index is 10.6. The third-order valence-electron chi connectivity index (χ3n) is 4.43. The highest BCUT2D eigenvalue weighted by Crippen LogP contribution is 2.40. The smallest absolute Gasteiger partial charge is 0.119 e. The number of aliphatic hydroxyl groups excluding tert-OH is 1. The van der Waals surface area contributed by atoms with Crippen molar-refractivity contribution < 1.29 is 9.84 Å². The maximum Gasteiger partial charge on any atom is 0.119 e. The first-order valence-electron chi connectivity index (χ1n) is 7.67. The number of aliphatic hydroxyl groups is 1. The molecule has 1 aliphatic carbocycles. The Bertz CT molecular complexity index is 371. The van der Waals surface area contributed by atoms with E-state index in [1.54, 1.807) is 0 Å². The zero-order valence-electron chi connectivity index (χ0n) is 12.1. The van der Waals surface area contributed by atoms with E-state index in [9.17, 15) is 5.11 Å². The minimum Gasteiger partial charge on any atom is -0.494 e. The lowest BCUT2D eigenvalue weighted by Gasteiger charge is -2.34. The molecule has 19 heavy (non-hydrogen) atoms. The Morgan fingerprint density at radius 2 is 1.84 bits per heavy atom. The molecule has 1 N–H and O–H groups in total. The Labute approximate surface area is 116 Å². The van der Waals surface area contributed by atoms with Crippen LogP contribution in [-0.4, -0.2) is 11.7 Å². The van der Waals surface area contributed by atoms with Crippen molar-refractivity contribution in [3.63, 3.8) is 0 Å². The molecule has 0 amide bonds. The van der Waals surface area contributed by atoms with Crippen LogP contribution in [0.5, 0.6) is 5.75 Å². The molecule has 1 aromatic carbocycles. The third-order valence-corrected chi connectivity index (χ3v) is 4.43. The van der Waals surface area contributed by atoms with Crippen LogP contribution in [0.3, 0.4) is 0 Å². The van der Waals surface area contributed by atoms with Crippen LogP contribution < -0.4 is 4.74 Å². The van der Waals surface area contributed by atoms with Gasteiger partial charge in [-0.3, -0.25) is 0 Å². The number of ether oxygens (including phenoxy) is 1. The van der Waals surface area contributed by atoms with Crippen LogP contribution in [0.15, 0.2) is 24.3 Å².